The molecule has 0 aliphatic rings. The van der Waals surface area contributed by atoms with Crippen molar-refractivity contribution in [1.29, 1.82) is 0 Å². The molecule has 0 radical (unpaired) electrons. The second kappa shape index (κ2) is 62.9. The highest BCUT2D eigenvalue weighted by Crippen LogP contribution is 2.17. The van der Waals surface area contributed by atoms with Gasteiger partial charge in [0.05, 0.1) is 0 Å². The molecule has 0 bridgehead atoms. The number of hydrogen-bond donors (Lipinski definition) is 0. The summed E-state index contributed by atoms with van der Waals surface area (Å²) in [6.45, 7) is 6.40. The molecule has 0 aromatic heterocycles. The lowest BCUT2D eigenvalue weighted by Crippen LogP contribution is -2.30. The lowest BCUT2D eigenvalue weighted by molar-refractivity contribution is -0.167. The molecule has 0 rings (SSSR count). The smallest absolute Gasteiger partial charge is 0.306 e. The predicted molar refractivity (Wildman–Crippen MR) is 325 cm³/mol. The van der Waals surface area contributed by atoms with Gasteiger partial charge < -0.3 is 14.2 Å². The van der Waals surface area contributed by atoms with E-state index in [9.17, 15) is 14.4 Å². The molecule has 1 atom stereocenters. The quantitative estimate of drug-likeness (QED) is 0.0261. The van der Waals surface area contributed by atoms with E-state index < -0.39 is 6.10 Å². The summed E-state index contributed by atoms with van der Waals surface area (Å²) in [4.78, 5) is 38.3. The Morgan fingerprint density at radius 3 is 0.827 bits per heavy atom. The van der Waals surface area contributed by atoms with E-state index in [1.54, 1.807) is 0 Å². The van der Waals surface area contributed by atoms with Crippen LogP contribution in [0.4, 0.5) is 0 Å². The van der Waals surface area contributed by atoms with Crippen LogP contribution in [0.2, 0.25) is 0 Å². The van der Waals surface area contributed by atoms with E-state index in [4.69, 9.17) is 14.2 Å². The molecule has 0 heterocycles. The average Bonchev–Trinajstić information content (AvgIpc) is 3.41. The minimum absolute atomic E-state index is 0.0933. The van der Waals surface area contributed by atoms with Crippen LogP contribution in [0.3, 0.4) is 0 Å². The van der Waals surface area contributed by atoms with Crippen molar-refractivity contribution in [2.24, 2.45) is 0 Å². The van der Waals surface area contributed by atoms with Gasteiger partial charge in [-0.1, -0.05) is 285 Å². The van der Waals surface area contributed by atoms with Gasteiger partial charge in [-0.2, -0.15) is 0 Å². The molecule has 75 heavy (non-hydrogen) atoms. The van der Waals surface area contributed by atoms with Crippen LogP contribution in [0.1, 0.15) is 303 Å². The zero-order chi connectivity index (χ0) is 54.3. The zero-order valence-electron chi connectivity index (χ0n) is 49.3. The van der Waals surface area contributed by atoms with Crippen molar-refractivity contribution in [1.82, 2.24) is 0 Å². The van der Waals surface area contributed by atoms with E-state index in [2.05, 4.69) is 118 Å². The molecule has 430 valence electrons. The second-order valence-electron chi connectivity index (χ2n) is 20.9. The molecule has 6 heteroatoms. The fourth-order valence-corrected chi connectivity index (χ4v) is 8.90. The van der Waals surface area contributed by atoms with Crippen LogP contribution >= 0.6 is 0 Å². The van der Waals surface area contributed by atoms with Crippen LogP contribution in [-0.4, -0.2) is 37.2 Å². The molecule has 0 fully saturated rings. The number of allylic oxidation sites excluding steroid dienone is 16. The van der Waals surface area contributed by atoms with Gasteiger partial charge in [-0.05, 0) is 96.3 Å². The Kier molecular flexibility index (Phi) is 59.8. The van der Waals surface area contributed by atoms with Crippen molar-refractivity contribution in [2.45, 2.75) is 309 Å². The maximum atomic E-state index is 12.9. The molecule has 6 nitrogen and oxygen atoms in total. The number of carbonyl (C=O) groups excluding carboxylic acids is 3. The monoisotopic (exact) mass is 1040 g/mol. The number of hydrogen-bond acceptors (Lipinski definition) is 6. The summed E-state index contributed by atoms with van der Waals surface area (Å²) >= 11 is 0. The molecule has 0 saturated carbocycles. The molecule has 0 aliphatic heterocycles. The highest BCUT2D eigenvalue weighted by Gasteiger charge is 2.19. The van der Waals surface area contributed by atoms with Gasteiger partial charge in [-0.15, -0.1) is 0 Å². The van der Waals surface area contributed by atoms with Gasteiger partial charge in [-0.3, -0.25) is 14.4 Å². The van der Waals surface area contributed by atoms with E-state index in [1.165, 1.54) is 128 Å². The van der Waals surface area contributed by atoms with Crippen LogP contribution in [0.15, 0.2) is 97.2 Å². The van der Waals surface area contributed by atoms with Crippen molar-refractivity contribution < 1.29 is 28.6 Å². The molecule has 1 unspecified atom stereocenters. The highest BCUT2D eigenvalue weighted by molar-refractivity contribution is 5.71. The minimum atomic E-state index is -0.801. The normalized spacial score (nSPS) is 12.7. The van der Waals surface area contributed by atoms with E-state index in [0.29, 0.717) is 19.3 Å². The summed E-state index contributed by atoms with van der Waals surface area (Å²) in [5.41, 5.74) is 0. The molecular formula is C69H118O6. The van der Waals surface area contributed by atoms with Gasteiger partial charge in [0.2, 0.25) is 0 Å². The standard InChI is InChI=1S/C69H118O6/c1-4-7-10-13-16-19-22-25-27-29-31-33-34-36-37-39-41-44-47-50-53-56-59-62-68(71)74-65-66(64-73-67(70)61-58-55-52-49-46-43-24-21-18-15-12-9-6-3)75-69(72)63-60-57-54-51-48-45-42-40-38-35-32-30-28-26-23-20-17-14-11-8-5-2/h8-9,11-12,17-18,20-21,26,28,32,35,40,42-43,46,66H,4-7,10,13-16,19,22-25,27,29-31,33-34,36-39,41,44-45,47-65H2,1-3H3/b11-8-,12-9-,20-17-,21-18-,28-26-,35-32-,42-40-,46-43-. The van der Waals surface area contributed by atoms with Gasteiger partial charge in [0, 0.05) is 19.3 Å². The number of carbonyl (C=O) groups is 3. The van der Waals surface area contributed by atoms with Crippen molar-refractivity contribution in [2.75, 3.05) is 13.2 Å². The molecule has 0 N–H and O–H groups in total. The fourth-order valence-electron chi connectivity index (χ4n) is 8.90. The maximum absolute atomic E-state index is 12.9. The summed E-state index contributed by atoms with van der Waals surface area (Å²) in [5, 5.41) is 0. The van der Waals surface area contributed by atoms with Crippen LogP contribution < -0.4 is 0 Å². The molecule has 0 spiro atoms. The Balaban J connectivity index is 4.36. The fraction of sp³-hybridized carbons (Fsp3) is 0.725. The number of unbranched alkanes of at least 4 members (excludes halogenated alkanes) is 30. The second-order valence-corrected chi connectivity index (χ2v) is 20.9. The van der Waals surface area contributed by atoms with Gasteiger partial charge >= 0.3 is 17.9 Å². The first-order chi connectivity index (χ1) is 37.0. The summed E-state index contributed by atoms with van der Waals surface area (Å²) in [6, 6.07) is 0. The van der Waals surface area contributed by atoms with Crippen molar-refractivity contribution in [3.63, 3.8) is 0 Å². The number of esters is 3. The van der Waals surface area contributed by atoms with E-state index in [1.807, 2.05) is 0 Å². The third-order valence-corrected chi connectivity index (χ3v) is 13.6. The first kappa shape index (κ1) is 71.3. The Morgan fingerprint density at radius 1 is 0.280 bits per heavy atom. The van der Waals surface area contributed by atoms with Crippen LogP contribution in [0.25, 0.3) is 0 Å². The van der Waals surface area contributed by atoms with E-state index in [-0.39, 0.29) is 31.1 Å². The predicted octanol–water partition coefficient (Wildman–Crippen LogP) is 21.7. The van der Waals surface area contributed by atoms with Crippen molar-refractivity contribution in [3.05, 3.63) is 97.2 Å². The lowest BCUT2D eigenvalue weighted by Gasteiger charge is -2.18. The summed E-state index contributed by atoms with van der Waals surface area (Å²) in [6.07, 6.45) is 84.2. The van der Waals surface area contributed by atoms with E-state index >= 15 is 0 Å². The van der Waals surface area contributed by atoms with Crippen LogP contribution in [-0.2, 0) is 28.6 Å². The first-order valence-corrected chi connectivity index (χ1v) is 31.7. The minimum Gasteiger partial charge on any atom is -0.462 e. The Labute approximate surface area is 464 Å². The first-order valence-electron chi connectivity index (χ1n) is 31.7. The van der Waals surface area contributed by atoms with Gasteiger partial charge in [0.1, 0.15) is 13.2 Å². The molecule has 0 aromatic rings. The summed E-state index contributed by atoms with van der Waals surface area (Å²) in [5.74, 6) is -0.933. The zero-order valence-corrected chi connectivity index (χ0v) is 49.3. The molecule has 0 saturated heterocycles. The van der Waals surface area contributed by atoms with Crippen LogP contribution in [0, 0.1) is 0 Å². The maximum Gasteiger partial charge on any atom is 0.306 e. The Bertz CT molecular complexity index is 1480. The van der Waals surface area contributed by atoms with E-state index in [0.717, 1.165) is 135 Å². The van der Waals surface area contributed by atoms with Gasteiger partial charge in [0.15, 0.2) is 6.10 Å². The Hall–Kier alpha value is -3.67. The summed E-state index contributed by atoms with van der Waals surface area (Å²) < 4.78 is 16.9. The molecular weight excluding hydrogens is 925 g/mol. The third-order valence-electron chi connectivity index (χ3n) is 13.6. The number of ether oxygens (including phenoxy) is 3. The molecule has 0 amide bonds. The van der Waals surface area contributed by atoms with Crippen LogP contribution in [0.5, 0.6) is 0 Å². The lowest BCUT2D eigenvalue weighted by atomic mass is 10.0. The summed E-state index contributed by atoms with van der Waals surface area (Å²) in [7, 11) is 0. The average molecular weight is 1040 g/mol. The third kappa shape index (κ3) is 61.1. The topological polar surface area (TPSA) is 78.9 Å². The largest absolute Gasteiger partial charge is 0.462 e. The number of rotatable bonds is 57. The Morgan fingerprint density at radius 2 is 0.520 bits per heavy atom. The highest BCUT2D eigenvalue weighted by atomic mass is 16.6. The molecule has 0 aromatic carbocycles. The molecule has 0 aliphatic carbocycles. The van der Waals surface area contributed by atoms with Gasteiger partial charge in [-0.25, -0.2) is 0 Å². The van der Waals surface area contributed by atoms with Crippen molar-refractivity contribution >= 4 is 17.9 Å². The van der Waals surface area contributed by atoms with Crippen molar-refractivity contribution in [3.8, 4) is 0 Å². The SMILES string of the molecule is CC/C=C\C/C=C\C/C=C\C/C=C\C/C=C\CCCCCCCC(=O)OC(COC(=O)CCCCC/C=C\C/C=C\C/C=C\CC)COC(=O)CCCCCCCCCCCCCCCCCCCCCCCCC. The van der Waals surface area contributed by atoms with Gasteiger partial charge in [0.25, 0.3) is 0 Å².